The normalized spacial score (nSPS) is 12.2. The second-order valence-corrected chi connectivity index (χ2v) is 10.4. The minimum atomic E-state index is -0.652. The molecule has 0 saturated heterocycles. The van der Waals surface area contributed by atoms with E-state index in [9.17, 15) is 9.59 Å². The maximum atomic E-state index is 12.5. The molecular weight excluding hydrogens is 442 g/mol. The van der Waals surface area contributed by atoms with Crippen molar-refractivity contribution in [3.8, 4) is 0 Å². The lowest BCUT2D eigenvalue weighted by Gasteiger charge is -2.17. The van der Waals surface area contributed by atoms with Crippen LogP contribution in [0.1, 0.15) is 130 Å². The highest BCUT2D eigenvalue weighted by molar-refractivity contribution is 5.69. The number of unbranched alkanes of at least 4 members (excludes halogenated alkanes) is 10. The molecule has 0 fully saturated rings. The van der Waals surface area contributed by atoms with Gasteiger partial charge >= 0.3 is 12.1 Å². The maximum Gasteiger partial charge on any atom is 0.508 e. The molecule has 0 aliphatic carbocycles. The number of esters is 1. The van der Waals surface area contributed by atoms with Crippen LogP contribution in [0.4, 0.5) is 4.79 Å². The lowest BCUT2D eigenvalue weighted by Crippen LogP contribution is -2.21. The van der Waals surface area contributed by atoms with E-state index in [2.05, 4.69) is 13.8 Å². The fourth-order valence-electron chi connectivity index (χ4n) is 4.20. The van der Waals surface area contributed by atoms with Crippen LogP contribution in [0.2, 0.25) is 0 Å². The number of carbonyl (C=O) groups is 2. The van der Waals surface area contributed by atoms with Gasteiger partial charge in [0.05, 0.1) is 13.2 Å². The summed E-state index contributed by atoms with van der Waals surface area (Å²) in [4.78, 5) is 26.3. The van der Waals surface area contributed by atoms with E-state index in [4.69, 9.17) is 14.2 Å². The van der Waals surface area contributed by atoms with Gasteiger partial charge in [-0.2, -0.15) is 0 Å². The molecule has 208 valence electrons. The number of ether oxygens (including phenoxy) is 3. The first-order valence-corrected chi connectivity index (χ1v) is 14.5. The minimum absolute atomic E-state index is 0.120. The second-order valence-electron chi connectivity index (χ2n) is 10.4. The molecule has 0 aromatic rings. The van der Waals surface area contributed by atoms with Crippen LogP contribution in [0, 0.1) is 5.92 Å². The van der Waals surface area contributed by atoms with Gasteiger partial charge in [0.1, 0.15) is 6.10 Å². The highest BCUT2D eigenvalue weighted by atomic mass is 16.7. The monoisotopic (exact) mass is 499 g/mol. The molecule has 0 N–H and O–H groups in total. The van der Waals surface area contributed by atoms with E-state index < -0.39 is 6.16 Å². The van der Waals surface area contributed by atoms with Gasteiger partial charge in [0, 0.05) is 19.4 Å². The predicted molar refractivity (Wildman–Crippen MR) is 145 cm³/mol. The molecule has 0 amide bonds. The van der Waals surface area contributed by atoms with Crippen LogP contribution in [-0.4, -0.2) is 57.0 Å². The zero-order valence-corrected chi connectivity index (χ0v) is 23.8. The largest absolute Gasteiger partial charge is 0.508 e. The smallest absolute Gasteiger partial charge is 0.466 e. The molecule has 0 aliphatic rings. The zero-order valence-electron chi connectivity index (χ0n) is 23.8. The van der Waals surface area contributed by atoms with E-state index in [1.165, 1.54) is 77.0 Å². The number of hydrogen-bond acceptors (Lipinski definition) is 6. The van der Waals surface area contributed by atoms with Crippen molar-refractivity contribution in [2.75, 3.05) is 33.9 Å². The molecule has 1 atom stereocenters. The topological polar surface area (TPSA) is 65.1 Å². The summed E-state index contributed by atoms with van der Waals surface area (Å²) in [5, 5.41) is 0. The Bertz CT molecular complexity index is 481. The van der Waals surface area contributed by atoms with E-state index in [0.717, 1.165) is 25.8 Å². The van der Waals surface area contributed by atoms with Gasteiger partial charge in [-0.15, -0.1) is 0 Å². The molecule has 0 aromatic carbocycles. The average molecular weight is 500 g/mol. The van der Waals surface area contributed by atoms with Crippen LogP contribution in [0.25, 0.3) is 0 Å². The van der Waals surface area contributed by atoms with E-state index in [1.54, 1.807) is 6.92 Å². The van der Waals surface area contributed by atoms with Crippen LogP contribution in [0.5, 0.6) is 0 Å². The first kappa shape index (κ1) is 33.7. The quantitative estimate of drug-likeness (QED) is 0.0992. The van der Waals surface area contributed by atoms with Crippen molar-refractivity contribution in [2.45, 2.75) is 136 Å². The SMILES string of the molecule is CCCCCCCCC(CCCCCCCC)CC(=O)OCCC(C)OC(=O)OCCCN(C)C. The van der Waals surface area contributed by atoms with Gasteiger partial charge in [0.2, 0.25) is 0 Å². The van der Waals surface area contributed by atoms with Gasteiger partial charge in [0.15, 0.2) is 0 Å². The van der Waals surface area contributed by atoms with E-state index in [0.29, 0.717) is 25.4 Å². The minimum Gasteiger partial charge on any atom is -0.466 e. The Morgan fingerprint density at radius 3 is 1.77 bits per heavy atom. The van der Waals surface area contributed by atoms with E-state index in [-0.39, 0.29) is 18.7 Å². The highest BCUT2D eigenvalue weighted by Crippen LogP contribution is 2.23. The highest BCUT2D eigenvalue weighted by Gasteiger charge is 2.16. The summed E-state index contributed by atoms with van der Waals surface area (Å²) in [7, 11) is 3.96. The molecule has 0 bridgehead atoms. The Morgan fingerprint density at radius 2 is 1.23 bits per heavy atom. The molecule has 0 aliphatic heterocycles. The summed E-state index contributed by atoms with van der Waals surface area (Å²) in [6, 6.07) is 0. The Morgan fingerprint density at radius 1 is 0.686 bits per heavy atom. The summed E-state index contributed by atoms with van der Waals surface area (Å²) in [5.74, 6) is 0.302. The molecule has 0 radical (unpaired) electrons. The van der Waals surface area contributed by atoms with Gasteiger partial charge in [-0.05, 0) is 46.2 Å². The average Bonchev–Trinajstić information content (AvgIpc) is 2.80. The van der Waals surface area contributed by atoms with Crippen LogP contribution in [0.15, 0.2) is 0 Å². The van der Waals surface area contributed by atoms with Gasteiger partial charge in [-0.3, -0.25) is 4.79 Å². The lowest BCUT2D eigenvalue weighted by molar-refractivity contribution is -0.145. The molecule has 0 saturated carbocycles. The number of carbonyl (C=O) groups excluding carboxylic acids is 2. The molecule has 0 heterocycles. The van der Waals surface area contributed by atoms with Gasteiger partial charge in [-0.1, -0.05) is 90.9 Å². The van der Waals surface area contributed by atoms with Crippen molar-refractivity contribution in [3.05, 3.63) is 0 Å². The first-order chi connectivity index (χ1) is 16.9. The maximum absolute atomic E-state index is 12.5. The van der Waals surface area contributed by atoms with Crippen LogP contribution in [-0.2, 0) is 19.0 Å². The Hall–Kier alpha value is -1.30. The molecular formula is C29H57NO5. The van der Waals surface area contributed by atoms with Crippen molar-refractivity contribution in [3.63, 3.8) is 0 Å². The third kappa shape index (κ3) is 24.2. The molecule has 6 heteroatoms. The summed E-state index contributed by atoms with van der Waals surface area (Å²) < 4.78 is 15.8. The van der Waals surface area contributed by atoms with Crippen molar-refractivity contribution in [2.24, 2.45) is 5.92 Å². The van der Waals surface area contributed by atoms with Gasteiger partial charge < -0.3 is 19.1 Å². The molecule has 35 heavy (non-hydrogen) atoms. The number of hydrogen-bond donors (Lipinski definition) is 0. The fourth-order valence-corrected chi connectivity index (χ4v) is 4.20. The van der Waals surface area contributed by atoms with Gasteiger partial charge in [-0.25, -0.2) is 4.79 Å². The van der Waals surface area contributed by atoms with Crippen molar-refractivity contribution < 1.29 is 23.8 Å². The van der Waals surface area contributed by atoms with Crippen LogP contribution in [0.3, 0.4) is 0 Å². The molecule has 6 nitrogen and oxygen atoms in total. The molecule has 0 rings (SSSR count). The van der Waals surface area contributed by atoms with E-state index >= 15 is 0 Å². The Kier molecular flexibility index (Phi) is 23.5. The standard InChI is InChI=1S/C29H57NO5/c1-6-8-10-12-14-16-19-27(20-17-15-13-11-9-7-2)25-28(31)33-24-21-26(3)35-29(32)34-23-18-22-30(4)5/h26-27H,6-25H2,1-5H3. The zero-order chi connectivity index (χ0) is 26.2. The first-order valence-electron chi connectivity index (χ1n) is 14.5. The van der Waals surface area contributed by atoms with Crippen molar-refractivity contribution >= 4 is 12.1 Å². The third-order valence-corrected chi connectivity index (χ3v) is 6.44. The molecule has 0 aromatic heterocycles. The van der Waals surface area contributed by atoms with Gasteiger partial charge in [0.25, 0.3) is 0 Å². The summed E-state index contributed by atoms with van der Waals surface area (Å²) in [6.45, 7) is 7.76. The number of nitrogens with zero attached hydrogens (tertiary/aromatic N) is 1. The summed E-state index contributed by atoms with van der Waals surface area (Å²) >= 11 is 0. The predicted octanol–water partition coefficient (Wildman–Crippen LogP) is 7.92. The Labute approximate surface area is 216 Å². The van der Waals surface area contributed by atoms with Crippen LogP contribution >= 0.6 is 0 Å². The van der Waals surface area contributed by atoms with Crippen molar-refractivity contribution in [1.82, 2.24) is 4.90 Å². The Balaban J connectivity index is 4.17. The summed E-state index contributed by atoms with van der Waals surface area (Å²) in [6.07, 6.45) is 18.4. The molecule has 0 spiro atoms. The second kappa shape index (κ2) is 24.4. The third-order valence-electron chi connectivity index (χ3n) is 6.44. The fraction of sp³-hybridized carbons (Fsp3) is 0.931. The number of rotatable bonds is 24. The van der Waals surface area contributed by atoms with E-state index in [1.807, 2.05) is 19.0 Å². The van der Waals surface area contributed by atoms with Crippen molar-refractivity contribution in [1.29, 1.82) is 0 Å². The summed E-state index contributed by atoms with van der Waals surface area (Å²) in [5.41, 5.74) is 0. The lowest BCUT2D eigenvalue weighted by atomic mass is 9.91. The molecule has 1 unspecified atom stereocenters. The van der Waals surface area contributed by atoms with Crippen LogP contribution < -0.4 is 0 Å².